The minimum atomic E-state index is -4.57. The first kappa shape index (κ1) is 20.0. The first-order valence-corrected chi connectivity index (χ1v) is 8.75. The van der Waals surface area contributed by atoms with Crippen LogP contribution in [0.25, 0.3) is 0 Å². The van der Waals surface area contributed by atoms with Gasteiger partial charge in [-0.15, -0.1) is 0 Å². The number of alkyl halides is 3. The number of piperidine rings is 1. The fourth-order valence-electron chi connectivity index (χ4n) is 2.60. The van der Waals surface area contributed by atoms with Gasteiger partial charge in [0.15, 0.2) is 0 Å². The first-order chi connectivity index (χ1) is 11.5. The normalized spacial score (nSPS) is 16.8. The third-order valence-corrected chi connectivity index (χ3v) is 5.16. The molecule has 1 saturated heterocycles. The molecule has 0 saturated carbocycles. The smallest absolute Gasteiger partial charge is 0.402 e. The summed E-state index contributed by atoms with van der Waals surface area (Å²) in [6, 6.07) is 4.46. The lowest BCUT2D eigenvalue weighted by molar-refractivity contribution is -0.217. The van der Waals surface area contributed by atoms with E-state index >= 15 is 0 Å². The van der Waals surface area contributed by atoms with Gasteiger partial charge in [-0.3, -0.25) is 4.79 Å². The predicted octanol–water partition coefficient (Wildman–Crippen LogP) is 4.79. The van der Waals surface area contributed by atoms with E-state index in [9.17, 15) is 22.4 Å². The van der Waals surface area contributed by atoms with Gasteiger partial charge in [0, 0.05) is 19.2 Å². The van der Waals surface area contributed by atoms with E-state index in [-0.39, 0.29) is 19.0 Å². The Morgan fingerprint density at radius 3 is 2.40 bits per heavy atom. The molecule has 0 N–H and O–H groups in total. The summed E-state index contributed by atoms with van der Waals surface area (Å²) in [6.07, 6.45) is -3.47. The molecule has 2 rings (SSSR count). The van der Waals surface area contributed by atoms with Crippen LogP contribution in [0.2, 0.25) is 0 Å². The van der Waals surface area contributed by atoms with Crippen molar-refractivity contribution in [2.75, 3.05) is 19.7 Å². The van der Waals surface area contributed by atoms with Crippen molar-refractivity contribution in [3.8, 4) is 5.75 Å². The zero-order valence-electron chi connectivity index (χ0n) is 14.0. The van der Waals surface area contributed by atoms with Crippen LogP contribution < -0.4 is 4.74 Å². The molecule has 1 amide bonds. The molecular weight excluding hydrogens is 406 g/mol. The number of benzene rings is 1. The SMILES string of the molecule is CC(C)(C(=O)N1CCC(COc2ccc(Br)c(F)c2)CC1)C(F)(F)F. The molecule has 0 atom stereocenters. The molecule has 8 heteroatoms. The average molecular weight is 426 g/mol. The molecule has 25 heavy (non-hydrogen) atoms. The van der Waals surface area contributed by atoms with Crippen LogP contribution in [0.4, 0.5) is 17.6 Å². The van der Waals surface area contributed by atoms with Gasteiger partial charge in [-0.25, -0.2) is 4.39 Å². The lowest BCUT2D eigenvalue weighted by atomic mass is 9.88. The second kappa shape index (κ2) is 7.51. The Kier molecular flexibility index (Phi) is 6.01. The maximum Gasteiger partial charge on any atom is 0.402 e. The first-order valence-electron chi connectivity index (χ1n) is 7.96. The van der Waals surface area contributed by atoms with Gasteiger partial charge in [0.05, 0.1) is 11.1 Å². The van der Waals surface area contributed by atoms with Gasteiger partial charge in [-0.1, -0.05) is 0 Å². The summed E-state index contributed by atoms with van der Waals surface area (Å²) in [6.45, 7) is 2.69. The fraction of sp³-hybridized carbons (Fsp3) is 0.588. The number of rotatable bonds is 4. The molecule has 1 aliphatic rings. The van der Waals surface area contributed by atoms with Gasteiger partial charge in [0.1, 0.15) is 17.0 Å². The molecule has 1 aliphatic heterocycles. The van der Waals surface area contributed by atoms with E-state index in [1.54, 1.807) is 12.1 Å². The maximum atomic E-state index is 13.4. The van der Waals surface area contributed by atoms with E-state index in [1.807, 2.05) is 0 Å². The predicted molar refractivity (Wildman–Crippen MR) is 88.7 cm³/mol. The Morgan fingerprint density at radius 2 is 1.88 bits per heavy atom. The van der Waals surface area contributed by atoms with E-state index in [0.29, 0.717) is 29.7 Å². The van der Waals surface area contributed by atoms with Crippen LogP contribution in [0.15, 0.2) is 22.7 Å². The highest BCUT2D eigenvalue weighted by Crippen LogP contribution is 2.39. The quantitative estimate of drug-likeness (QED) is 0.648. The molecule has 1 heterocycles. The summed E-state index contributed by atoms with van der Waals surface area (Å²) >= 11 is 3.06. The Morgan fingerprint density at radius 1 is 1.28 bits per heavy atom. The maximum absolute atomic E-state index is 13.4. The van der Waals surface area contributed by atoms with Gasteiger partial charge in [0.2, 0.25) is 5.91 Å². The molecular formula is C17H20BrF4NO2. The van der Waals surface area contributed by atoms with Crippen molar-refractivity contribution in [3.63, 3.8) is 0 Å². The molecule has 3 nitrogen and oxygen atoms in total. The Labute approximate surface area is 152 Å². The number of amides is 1. The van der Waals surface area contributed by atoms with Crippen LogP contribution in [0.1, 0.15) is 26.7 Å². The third kappa shape index (κ3) is 4.65. The lowest BCUT2D eigenvalue weighted by Crippen LogP contribution is -2.51. The van der Waals surface area contributed by atoms with Crippen molar-refractivity contribution < 1.29 is 27.1 Å². The minimum absolute atomic E-state index is 0.116. The second-order valence-corrected chi connectivity index (χ2v) is 7.60. The van der Waals surface area contributed by atoms with Crippen molar-refractivity contribution >= 4 is 21.8 Å². The number of hydrogen-bond acceptors (Lipinski definition) is 2. The van der Waals surface area contributed by atoms with Gasteiger partial charge < -0.3 is 9.64 Å². The standard InChI is InChI=1S/C17H20BrF4NO2/c1-16(2,17(20,21)22)15(24)23-7-5-11(6-8-23)10-25-12-3-4-13(18)14(19)9-12/h3-4,9,11H,5-8,10H2,1-2H3. The summed E-state index contributed by atoms with van der Waals surface area (Å²) in [5.74, 6) is -0.802. The van der Waals surface area contributed by atoms with Gasteiger partial charge in [-0.05, 0) is 60.7 Å². The van der Waals surface area contributed by atoms with E-state index < -0.39 is 23.3 Å². The van der Waals surface area contributed by atoms with Crippen LogP contribution >= 0.6 is 15.9 Å². The van der Waals surface area contributed by atoms with Crippen LogP contribution in [0, 0.1) is 17.2 Å². The van der Waals surface area contributed by atoms with Crippen molar-refractivity contribution in [1.82, 2.24) is 4.90 Å². The van der Waals surface area contributed by atoms with Crippen molar-refractivity contribution in [2.45, 2.75) is 32.9 Å². The zero-order chi connectivity index (χ0) is 18.8. The average Bonchev–Trinajstić information content (AvgIpc) is 2.54. The van der Waals surface area contributed by atoms with Crippen molar-refractivity contribution in [2.24, 2.45) is 11.3 Å². The molecule has 140 valence electrons. The molecule has 0 bridgehead atoms. The molecule has 1 aromatic carbocycles. The number of ether oxygens (including phenoxy) is 1. The van der Waals surface area contributed by atoms with Crippen LogP contribution in [-0.2, 0) is 4.79 Å². The number of carbonyl (C=O) groups is 1. The van der Waals surface area contributed by atoms with E-state index in [2.05, 4.69) is 15.9 Å². The van der Waals surface area contributed by atoms with Crippen LogP contribution in [-0.4, -0.2) is 36.7 Å². The second-order valence-electron chi connectivity index (χ2n) is 6.75. The summed E-state index contributed by atoms with van der Waals surface area (Å²) in [5, 5.41) is 0. The monoisotopic (exact) mass is 425 g/mol. The summed E-state index contributed by atoms with van der Waals surface area (Å²) in [5.41, 5.74) is -2.38. The fourth-order valence-corrected chi connectivity index (χ4v) is 2.85. The molecule has 0 aliphatic carbocycles. The number of halogens is 5. The molecule has 0 unspecified atom stereocenters. The van der Waals surface area contributed by atoms with E-state index in [1.165, 1.54) is 11.0 Å². The lowest BCUT2D eigenvalue weighted by Gasteiger charge is -2.37. The molecule has 1 fully saturated rings. The highest BCUT2D eigenvalue weighted by Gasteiger charge is 2.54. The third-order valence-electron chi connectivity index (χ3n) is 4.52. The van der Waals surface area contributed by atoms with Crippen molar-refractivity contribution in [1.29, 1.82) is 0 Å². The largest absolute Gasteiger partial charge is 0.493 e. The van der Waals surface area contributed by atoms with E-state index in [0.717, 1.165) is 13.8 Å². The molecule has 1 aromatic rings. The minimum Gasteiger partial charge on any atom is -0.493 e. The summed E-state index contributed by atoms with van der Waals surface area (Å²) < 4.78 is 58.3. The summed E-state index contributed by atoms with van der Waals surface area (Å²) in [4.78, 5) is 13.4. The summed E-state index contributed by atoms with van der Waals surface area (Å²) in [7, 11) is 0. The highest BCUT2D eigenvalue weighted by atomic mass is 79.9. The van der Waals surface area contributed by atoms with Gasteiger partial charge in [-0.2, -0.15) is 13.2 Å². The highest BCUT2D eigenvalue weighted by molar-refractivity contribution is 9.10. The van der Waals surface area contributed by atoms with Gasteiger partial charge in [0.25, 0.3) is 0 Å². The van der Waals surface area contributed by atoms with Crippen LogP contribution in [0.5, 0.6) is 5.75 Å². The number of hydrogen-bond donors (Lipinski definition) is 0. The molecule has 0 radical (unpaired) electrons. The van der Waals surface area contributed by atoms with Gasteiger partial charge >= 0.3 is 6.18 Å². The number of nitrogens with zero attached hydrogens (tertiary/aromatic N) is 1. The zero-order valence-corrected chi connectivity index (χ0v) is 15.6. The Hall–Kier alpha value is -1.31. The molecule has 0 aromatic heterocycles. The van der Waals surface area contributed by atoms with Crippen molar-refractivity contribution in [3.05, 3.63) is 28.5 Å². The van der Waals surface area contributed by atoms with Crippen LogP contribution in [0.3, 0.4) is 0 Å². The Balaban J connectivity index is 1.85. The van der Waals surface area contributed by atoms with E-state index in [4.69, 9.17) is 4.74 Å². The number of likely N-dealkylation sites (tertiary alicyclic amines) is 1. The Bertz CT molecular complexity index is 626. The number of carbonyl (C=O) groups excluding carboxylic acids is 1. The topological polar surface area (TPSA) is 29.5 Å². The molecule has 0 spiro atoms.